The van der Waals surface area contributed by atoms with E-state index in [0.717, 1.165) is 28.6 Å². The number of amides is 1. The first-order valence-corrected chi connectivity index (χ1v) is 8.62. The van der Waals surface area contributed by atoms with Crippen LogP contribution in [0, 0.1) is 0 Å². The van der Waals surface area contributed by atoms with Gasteiger partial charge in [0.25, 0.3) is 0 Å². The zero-order valence-electron chi connectivity index (χ0n) is 12.3. The Labute approximate surface area is 130 Å². The van der Waals surface area contributed by atoms with Gasteiger partial charge in [-0.3, -0.25) is 4.79 Å². The Balaban J connectivity index is 1.77. The van der Waals surface area contributed by atoms with Crippen LogP contribution in [-0.2, 0) is 4.79 Å². The molecule has 1 aliphatic rings. The molecule has 1 N–H and O–H groups in total. The molecule has 1 heterocycles. The highest BCUT2D eigenvalue weighted by Gasteiger charge is 2.30. The largest absolute Gasteiger partial charge is 0.324 e. The van der Waals surface area contributed by atoms with E-state index in [2.05, 4.69) is 34.2 Å². The first-order chi connectivity index (χ1) is 9.74. The Bertz CT molecular complexity index is 458. The van der Waals surface area contributed by atoms with Gasteiger partial charge >= 0.3 is 0 Å². The summed E-state index contributed by atoms with van der Waals surface area (Å²) in [6.07, 6.45) is 10.0. The van der Waals surface area contributed by atoms with E-state index in [0.29, 0.717) is 0 Å². The van der Waals surface area contributed by atoms with Crippen LogP contribution in [0.25, 0.3) is 0 Å². The maximum atomic E-state index is 12.1. The second-order valence-electron chi connectivity index (χ2n) is 5.66. The number of unbranched alkanes of at least 4 members (excludes halogenated alkanes) is 6. The van der Waals surface area contributed by atoms with E-state index in [1.54, 1.807) is 0 Å². The molecule has 1 atom stereocenters. The van der Waals surface area contributed by atoms with Gasteiger partial charge in [-0.05, 0) is 34.0 Å². The number of carbonyl (C=O) groups excluding carboxylic acids is 1. The van der Waals surface area contributed by atoms with E-state index in [1.807, 2.05) is 12.1 Å². The van der Waals surface area contributed by atoms with Crippen LogP contribution in [0.1, 0.15) is 69.8 Å². The van der Waals surface area contributed by atoms with Gasteiger partial charge in [0.1, 0.15) is 0 Å². The highest BCUT2D eigenvalue weighted by atomic mass is 79.9. The first-order valence-electron chi connectivity index (χ1n) is 7.83. The second kappa shape index (κ2) is 7.82. The third-order valence-corrected chi connectivity index (χ3v) is 4.74. The highest BCUT2D eigenvalue weighted by Crippen LogP contribution is 2.40. The Morgan fingerprint density at radius 3 is 2.55 bits per heavy atom. The first kappa shape index (κ1) is 15.6. The second-order valence-corrected chi connectivity index (χ2v) is 6.51. The number of hydrogen-bond donors (Lipinski definition) is 1. The molecule has 1 aliphatic heterocycles. The van der Waals surface area contributed by atoms with E-state index < -0.39 is 0 Å². The van der Waals surface area contributed by atoms with Gasteiger partial charge in [-0.25, -0.2) is 0 Å². The quantitative estimate of drug-likeness (QED) is 0.612. The fourth-order valence-corrected chi connectivity index (χ4v) is 3.39. The number of fused-ring (bicyclic) bond motifs is 1. The van der Waals surface area contributed by atoms with E-state index >= 15 is 0 Å². The third kappa shape index (κ3) is 3.85. The summed E-state index contributed by atoms with van der Waals surface area (Å²) in [6, 6.07) is 6.07. The number of hydrogen-bond acceptors (Lipinski definition) is 1. The smallest absolute Gasteiger partial charge is 0.232 e. The molecule has 110 valence electrons. The molecule has 2 rings (SSSR count). The fraction of sp³-hybridized carbons (Fsp3) is 0.588. The fourth-order valence-electron chi connectivity index (χ4n) is 2.91. The van der Waals surface area contributed by atoms with Crippen LogP contribution in [0.4, 0.5) is 5.69 Å². The van der Waals surface area contributed by atoms with Crippen LogP contribution < -0.4 is 5.32 Å². The van der Waals surface area contributed by atoms with Crippen LogP contribution >= 0.6 is 15.9 Å². The summed E-state index contributed by atoms with van der Waals surface area (Å²) in [4.78, 5) is 12.1. The van der Waals surface area contributed by atoms with Crippen LogP contribution in [0.15, 0.2) is 22.7 Å². The molecule has 2 nitrogen and oxygen atoms in total. The number of benzene rings is 1. The van der Waals surface area contributed by atoms with Gasteiger partial charge in [-0.15, -0.1) is 0 Å². The van der Waals surface area contributed by atoms with Crippen molar-refractivity contribution >= 4 is 27.5 Å². The summed E-state index contributed by atoms with van der Waals surface area (Å²) in [7, 11) is 0. The van der Waals surface area contributed by atoms with Crippen molar-refractivity contribution in [2.75, 3.05) is 5.32 Å². The number of rotatable bonds is 8. The number of para-hydroxylation sites is 1. The predicted molar refractivity (Wildman–Crippen MR) is 88.1 cm³/mol. The minimum absolute atomic E-state index is 0.0538. The molecule has 0 aromatic heterocycles. The van der Waals surface area contributed by atoms with E-state index in [1.165, 1.54) is 38.5 Å². The van der Waals surface area contributed by atoms with E-state index in [4.69, 9.17) is 0 Å². The standard InChI is InChI=1S/C17H24BrNO/c1-2-3-4-5-6-7-8-10-14-13-11-9-12-15(18)16(13)19-17(14)20/h9,11-12,14H,2-8,10H2,1H3,(H,19,20). The molecule has 1 aromatic carbocycles. The van der Waals surface area contributed by atoms with Gasteiger partial charge in [0, 0.05) is 4.47 Å². The minimum atomic E-state index is 0.0538. The van der Waals surface area contributed by atoms with Gasteiger partial charge < -0.3 is 5.32 Å². The molecular weight excluding hydrogens is 314 g/mol. The average molecular weight is 338 g/mol. The zero-order valence-corrected chi connectivity index (χ0v) is 13.8. The molecule has 20 heavy (non-hydrogen) atoms. The van der Waals surface area contributed by atoms with Gasteiger partial charge in [-0.1, -0.05) is 64.0 Å². The van der Waals surface area contributed by atoms with E-state index in [9.17, 15) is 4.79 Å². The zero-order chi connectivity index (χ0) is 14.4. The maximum absolute atomic E-state index is 12.1. The van der Waals surface area contributed by atoms with Gasteiger partial charge in [0.15, 0.2) is 0 Å². The molecule has 0 fully saturated rings. The summed E-state index contributed by atoms with van der Waals surface area (Å²) in [5.74, 6) is 0.219. The molecule has 0 aliphatic carbocycles. The highest BCUT2D eigenvalue weighted by molar-refractivity contribution is 9.10. The lowest BCUT2D eigenvalue weighted by Crippen LogP contribution is -2.11. The summed E-state index contributed by atoms with van der Waals surface area (Å²) < 4.78 is 0.991. The van der Waals surface area contributed by atoms with Crippen molar-refractivity contribution in [1.82, 2.24) is 0 Å². The molecule has 1 amide bonds. The van der Waals surface area contributed by atoms with Crippen LogP contribution in [0.5, 0.6) is 0 Å². The number of carbonyl (C=O) groups is 1. The summed E-state index contributed by atoms with van der Waals surface area (Å²) in [5, 5.41) is 3.00. The van der Waals surface area contributed by atoms with Crippen molar-refractivity contribution in [3.8, 4) is 0 Å². The van der Waals surface area contributed by atoms with Crippen LogP contribution in [0.3, 0.4) is 0 Å². The number of halogens is 1. The van der Waals surface area contributed by atoms with Crippen molar-refractivity contribution in [2.24, 2.45) is 0 Å². The number of anilines is 1. The lowest BCUT2D eigenvalue weighted by molar-refractivity contribution is -0.117. The Morgan fingerprint density at radius 1 is 1.10 bits per heavy atom. The van der Waals surface area contributed by atoms with Gasteiger partial charge in [0.2, 0.25) is 5.91 Å². The molecule has 0 saturated carbocycles. The molecule has 1 unspecified atom stereocenters. The third-order valence-electron chi connectivity index (χ3n) is 4.08. The normalized spacial score (nSPS) is 17.1. The Morgan fingerprint density at radius 2 is 1.80 bits per heavy atom. The monoisotopic (exact) mass is 337 g/mol. The molecular formula is C17H24BrNO. The van der Waals surface area contributed by atoms with Crippen molar-refractivity contribution < 1.29 is 4.79 Å². The lowest BCUT2D eigenvalue weighted by Gasteiger charge is -2.08. The topological polar surface area (TPSA) is 29.1 Å². The lowest BCUT2D eigenvalue weighted by atomic mass is 9.94. The molecule has 3 heteroatoms. The minimum Gasteiger partial charge on any atom is -0.324 e. The summed E-state index contributed by atoms with van der Waals surface area (Å²) >= 11 is 3.50. The van der Waals surface area contributed by atoms with Crippen LogP contribution in [0.2, 0.25) is 0 Å². The van der Waals surface area contributed by atoms with E-state index in [-0.39, 0.29) is 11.8 Å². The molecule has 0 saturated heterocycles. The average Bonchev–Trinajstić information content (AvgIpc) is 2.76. The van der Waals surface area contributed by atoms with Gasteiger partial charge in [0.05, 0.1) is 11.6 Å². The Hall–Kier alpha value is -0.830. The maximum Gasteiger partial charge on any atom is 0.232 e. The van der Waals surface area contributed by atoms with Crippen molar-refractivity contribution in [1.29, 1.82) is 0 Å². The molecule has 0 spiro atoms. The summed E-state index contributed by atoms with van der Waals surface area (Å²) in [6.45, 7) is 2.24. The molecule has 1 aromatic rings. The Kier molecular flexibility index (Phi) is 6.08. The SMILES string of the molecule is CCCCCCCCCC1C(=O)Nc2c(Br)cccc21. The van der Waals surface area contributed by atoms with Crippen molar-refractivity contribution in [3.05, 3.63) is 28.2 Å². The molecule has 0 radical (unpaired) electrons. The van der Waals surface area contributed by atoms with Crippen LogP contribution in [-0.4, -0.2) is 5.91 Å². The van der Waals surface area contributed by atoms with Crippen molar-refractivity contribution in [2.45, 2.75) is 64.2 Å². The number of nitrogens with one attached hydrogen (secondary N) is 1. The molecule has 0 bridgehead atoms. The summed E-state index contributed by atoms with van der Waals surface area (Å²) in [5.41, 5.74) is 2.14. The van der Waals surface area contributed by atoms with Crippen molar-refractivity contribution in [3.63, 3.8) is 0 Å². The van der Waals surface area contributed by atoms with Gasteiger partial charge in [-0.2, -0.15) is 0 Å². The predicted octanol–water partition coefficient (Wildman–Crippen LogP) is 5.63.